The lowest BCUT2D eigenvalue weighted by Gasteiger charge is -2.17. The van der Waals surface area contributed by atoms with Crippen molar-refractivity contribution in [3.05, 3.63) is 24.3 Å². The highest BCUT2D eigenvalue weighted by Crippen LogP contribution is 2.15. The number of hydrogen-bond donors (Lipinski definition) is 3. The molecule has 0 heterocycles. The van der Waals surface area contributed by atoms with E-state index >= 15 is 0 Å². The molecule has 0 atom stereocenters. The molecule has 1 rings (SSSR count). The lowest BCUT2D eigenvalue weighted by Crippen LogP contribution is -2.36. The third-order valence-electron chi connectivity index (χ3n) is 2.39. The van der Waals surface area contributed by atoms with Gasteiger partial charge in [-0.3, -0.25) is 9.59 Å². The summed E-state index contributed by atoms with van der Waals surface area (Å²) in [6.45, 7) is 5.39. The second-order valence-electron chi connectivity index (χ2n) is 5.19. The molecule has 5 heteroatoms. The highest BCUT2D eigenvalue weighted by molar-refractivity contribution is 5.93. The van der Waals surface area contributed by atoms with Gasteiger partial charge in [-0.15, -0.1) is 0 Å². The summed E-state index contributed by atoms with van der Waals surface area (Å²) in [5.41, 5.74) is 6.64. The monoisotopic (exact) mass is 263 g/mol. The maximum Gasteiger partial charge on any atom is 0.226 e. The van der Waals surface area contributed by atoms with Crippen molar-refractivity contribution in [2.24, 2.45) is 5.73 Å². The molecule has 0 aliphatic carbocycles. The molecule has 104 valence electrons. The van der Waals surface area contributed by atoms with E-state index in [4.69, 9.17) is 5.73 Å². The number of nitrogens with two attached hydrogens (primary N) is 1. The third kappa shape index (κ3) is 6.01. The first-order valence-electron chi connectivity index (χ1n) is 6.29. The molecule has 19 heavy (non-hydrogen) atoms. The fourth-order valence-corrected chi connectivity index (χ4v) is 1.51. The second-order valence-corrected chi connectivity index (χ2v) is 5.19. The van der Waals surface area contributed by atoms with E-state index in [-0.39, 0.29) is 18.2 Å². The van der Waals surface area contributed by atoms with Crippen LogP contribution in [-0.4, -0.2) is 17.4 Å². The molecule has 1 aromatic rings. The van der Waals surface area contributed by atoms with Gasteiger partial charge in [-0.25, -0.2) is 0 Å². The Kier molecular flexibility index (Phi) is 5.06. The second kappa shape index (κ2) is 6.33. The van der Waals surface area contributed by atoms with Crippen LogP contribution in [0.3, 0.4) is 0 Å². The lowest BCUT2D eigenvalue weighted by atomic mass is 10.0. The highest BCUT2D eigenvalue weighted by atomic mass is 16.2. The van der Waals surface area contributed by atoms with Gasteiger partial charge in [0.15, 0.2) is 0 Å². The van der Waals surface area contributed by atoms with Crippen molar-refractivity contribution in [3.63, 3.8) is 0 Å². The normalized spacial score (nSPS) is 10.9. The number of benzene rings is 1. The van der Waals surface area contributed by atoms with Crippen molar-refractivity contribution in [1.82, 2.24) is 0 Å². The van der Waals surface area contributed by atoms with Crippen LogP contribution in [0.1, 0.15) is 33.6 Å². The van der Waals surface area contributed by atoms with Crippen molar-refractivity contribution in [2.45, 2.75) is 39.2 Å². The number of amides is 2. The van der Waals surface area contributed by atoms with Gasteiger partial charge in [0.25, 0.3) is 0 Å². The van der Waals surface area contributed by atoms with Crippen LogP contribution >= 0.6 is 0 Å². The van der Waals surface area contributed by atoms with Crippen molar-refractivity contribution in [3.8, 4) is 0 Å². The molecule has 2 amide bonds. The van der Waals surface area contributed by atoms with Gasteiger partial charge in [-0.1, -0.05) is 6.92 Å². The summed E-state index contributed by atoms with van der Waals surface area (Å²) in [4.78, 5) is 22.9. The van der Waals surface area contributed by atoms with Crippen LogP contribution in [0.15, 0.2) is 24.3 Å². The minimum Gasteiger partial charge on any atom is -0.326 e. The molecule has 0 fully saturated rings. The predicted octanol–water partition coefficient (Wildman–Crippen LogP) is 2.10. The predicted molar refractivity (Wildman–Crippen MR) is 76.9 cm³/mol. The Hall–Kier alpha value is -1.88. The van der Waals surface area contributed by atoms with Gasteiger partial charge in [0.05, 0.1) is 0 Å². The van der Waals surface area contributed by atoms with Crippen LogP contribution in [0.4, 0.5) is 11.4 Å². The Labute approximate surface area is 113 Å². The zero-order valence-electron chi connectivity index (χ0n) is 11.6. The Morgan fingerprint density at radius 1 is 1.05 bits per heavy atom. The number of anilines is 2. The van der Waals surface area contributed by atoms with Gasteiger partial charge in [0.1, 0.15) is 0 Å². The van der Waals surface area contributed by atoms with Gasteiger partial charge in [0.2, 0.25) is 11.8 Å². The molecule has 0 aliphatic rings. The Bertz CT molecular complexity index is 447. The maximum absolute atomic E-state index is 11.7. The van der Waals surface area contributed by atoms with E-state index in [1.165, 1.54) is 0 Å². The third-order valence-corrected chi connectivity index (χ3v) is 2.39. The van der Waals surface area contributed by atoms with Crippen LogP contribution in [0.2, 0.25) is 0 Å². The van der Waals surface area contributed by atoms with Gasteiger partial charge in [-0.05, 0) is 38.1 Å². The van der Waals surface area contributed by atoms with E-state index in [9.17, 15) is 9.59 Å². The standard InChI is InChI=1S/C14H21N3O2/c1-4-12(18)16-10-5-7-11(8-6-10)17-13(19)9-14(2,3)15/h5-8H,4,9,15H2,1-3H3,(H,16,18)(H,17,19). The summed E-state index contributed by atoms with van der Waals surface area (Å²) in [5, 5.41) is 5.50. The minimum absolute atomic E-state index is 0.0401. The summed E-state index contributed by atoms with van der Waals surface area (Å²) in [6, 6.07) is 6.98. The van der Waals surface area contributed by atoms with E-state index in [1.807, 2.05) is 0 Å². The number of hydrogen-bond acceptors (Lipinski definition) is 3. The van der Waals surface area contributed by atoms with Crippen LogP contribution in [0, 0.1) is 0 Å². The Morgan fingerprint density at radius 3 is 1.84 bits per heavy atom. The van der Waals surface area contributed by atoms with Gasteiger partial charge in [-0.2, -0.15) is 0 Å². The molecule has 0 aromatic heterocycles. The van der Waals surface area contributed by atoms with Crippen LogP contribution in [0.5, 0.6) is 0 Å². The van der Waals surface area contributed by atoms with Crippen LogP contribution < -0.4 is 16.4 Å². The van der Waals surface area contributed by atoms with E-state index in [0.717, 1.165) is 0 Å². The molecule has 5 nitrogen and oxygen atoms in total. The minimum atomic E-state index is -0.529. The van der Waals surface area contributed by atoms with E-state index in [2.05, 4.69) is 10.6 Å². The summed E-state index contributed by atoms with van der Waals surface area (Å²) in [7, 11) is 0. The summed E-state index contributed by atoms with van der Waals surface area (Å²) >= 11 is 0. The molecule has 4 N–H and O–H groups in total. The SMILES string of the molecule is CCC(=O)Nc1ccc(NC(=O)CC(C)(C)N)cc1. The average Bonchev–Trinajstić information content (AvgIpc) is 2.29. The van der Waals surface area contributed by atoms with Crippen LogP contribution in [0.25, 0.3) is 0 Å². The number of carbonyl (C=O) groups excluding carboxylic acids is 2. The number of carbonyl (C=O) groups is 2. The Morgan fingerprint density at radius 2 is 1.47 bits per heavy atom. The highest BCUT2D eigenvalue weighted by Gasteiger charge is 2.16. The zero-order chi connectivity index (χ0) is 14.5. The van der Waals surface area contributed by atoms with E-state index in [1.54, 1.807) is 45.0 Å². The summed E-state index contributed by atoms with van der Waals surface area (Å²) in [5.74, 6) is -0.167. The first kappa shape index (κ1) is 15.2. The molecular formula is C14H21N3O2. The van der Waals surface area contributed by atoms with Gasteiger partial charge < -0.3 is 16.4 Å². The van der Waals surface area contributed by atoms with Crippen molar-refractivity contribution >= 4 is 23.2 Å². The molecular weight excluding hydrogens is 242 g/mol. The molecule has 0 spiro atoms. The van der Waals surface area contributed by atoms with Crippen molar-refractivity contribution in [1.29, 1.82) is 0 Å². The number of nitrogens with one attached hydrogen (secondary N) is 2. The Balaban J connectivity index is 2.57. The summed E-state index contributed by atoms with van der Waals surface area (Å²) in [6.07, 6.45) is 0.686. The summed E-state index contributed by atoms with van der Waals surface area (Å²) < 4.78 is 0. The topological polar surface area (TPSA) is 84.2 Å². The maximum atomic E-state index is 11.7. The van der Waals surface area contributed by atoms with Crippen molar-refractivity contribution < 1.29 is 9.59 Å². The fourth-order valence-electron chi connectivity index (χ4n) is 1.51. The zero-order valence-corrected chi connectivity index (χ0v) is 11.6. The molecule has 0 aliphatic heterocycles. The van der Waals surface area contributed by atoms with Gasteiger partial charge in [0, 0.05) is 29.8 Å². The molecule has 1 aromatic carbocycles. The first-order valence-corrected chi connectivity index (χ1v) is 6.29. The average molecular weight is 263 g/mol. The number of rotatable bonds is 5. The van der Waals surface area contributed by atoms with Gasteiger partial charge >= 0.3 is 0 Å². The van der Waals surface area contributed by atoms with E-state index < -0.39 is 5.54 Å². The lowest BCUT2D eigenvalue weighted by molar-refractivity contribution is -0.117. The molecule has 0 radical (unpaired) electrons. The molecule has 0 unspecified atom stereocenters. The first-order chi connectivity index (χ1) is 8.80. The molecule has 0 saturated carbocycles. The largest absolute Gasteiger partial charge is 0.326 e. The van der Waals surface area contributed by atoms with E-state index in [0.29, 0.717) is 17.8 Å². The smallest absolute Gasteiger partial charge is 0.226 e. The van der Waals surface area contributed by atoms with Crippen LogP contribution in [-0.2, 0) is 9.59 Å². The molecule has 0 bridgehead atoms. The molecule has 0 saturated heterocycles. The quantitative estimate of drug-likeness (QED) is 0.760. The fraction of sp³-hybridized carbons (Fsp3) is 0.429. The van der Waals surface area contributed by atoms with Crippen molar-refractivity contribution in [2.75, 3.05) is 10.6 Å².